The first-order valence-corrected chi connectivity index (χ1v) is 7.88. The summed E-state index contributed by atoms with van der Waals surface area (Å²) in [7, 11) is 0. The number of para-hydroxylation sites is 1. The SMILES string of the molecule is Cc1[nH]c2ccccc2c1CC(=O)N1C[C@@H](C)C[C@H](C)C1. The third-order valence-electron chi connectivity index (χ3n) is 4.58. The Morgan fingerprint density at radius 1 is 1.24 bits per heavy atom. The summed E-state index contributed by atoms with van der Waals surface area (Å²) < 4.78 is 0. The van der Waals surface area contributed by atoms with Gasteiger partial charge in [0.25, 0.3) is 0 Å². The number of likely N-dealkylation sites (tertiary alicyclic amines) is 1. The summed E-state index contributed by atoms with van der Waals surface area (Å²) in [4.78, 5) is 18.1. The summed E-state index contributed by atoms with van der Waals surface area (Å²) in [5, 5.41) is 1.18. The van der Waals surface area contributed by atoms with Gasteiger partial charge in [-0.15, -0.1) is 0 Å². The van der Waals surface area contributed by atoms with Gasteiger partial charge in [-0.05, 0) is 36.8 Å². The maximum absolute atomic E-state index is 12.7. The normalized spacial score (nSPS) is 22.7. The lowest BCUT2D eigenvalue weighted by atomic mass is 9.91. The Morgan fingerprint density at radius 3 is 2.62 bits per heavy atom. The minimum Gasteiger partial charge on any atom is -0.358 e. The predicted octanol–water partition coefficient (Wildman–Crippen LogP) is 3.52. The van der Waals surface area contributed by atoms with Crippen LogP contribution in [-0.2, 0) is 11.2 Å². The number of aromatic nitrogens is 1. The van der Waals surface area contributed by atoms with E-state index in [0.717, 1.165) is 29.9 Å². The Kier molecular flexibility index (Phi) is 3.75. The molecule has 0 radical (unpaired) electrons. The highest BCUT2D eigenvalue weighted by atomic mass is 16.2. The molecule has 1 aliphatic heterocycles. The summed E-state index contributed by atoms with van der Waals surface area (Å²) in [6.07, 6.45) is 1.74. The number of hydrogen-bond acceptors (Lipinski definition) is 1. The number of H-pyrrole nitrogens is 1. The van der Waals surface area contributed by atoms with Crippen molar-refractivity contribution in [3.8, 4) is 0 Å². The molecule has 1 aromatic carbocycles. The number of carbonyl (C=O) groups excluding carboxylic acids is 1. The maximum Gasteiger partial charge on any atom is 0.227 e. The fraction of sp³-hybridized carbons (Fsp3) is 0.500. The van der Waals surface area contributed by atoms with Crippen LogP contribution >= 0.6 is 0 Å². The number of benzene rings is 1. The van der Waals surface area contributed by atoms with Gasteiger partial charge in [-0.2, -0.15) is 0 Å². The van der Waals surface area contributed by atoms with Crippen molar-refractivity contribution in [3.63, 3.8) is 0 Å². The van der Waals surface area contributed by atoms with E-state index < -0.39 is 0 Å². The van der Waals surface area contributed by atoms with E-state index in [1.807, 2.05) is 12.1 Å². The van der Waals surface area contributed by atoms with Crippen molar-refractivity contribution in [3.05, 3.63) is 35.5 Å². The number of aromatic amines is 1. The molecular formula is C18H24N2O. The van der Waals surface area contributed by atoms with Gasteiger partial charge in [-0.25, -0.2) is 0 Å². The lowest BCUT2D eigenvalue weighted by Crippen LogP contribution is -2.43. The van der Waals surface area contributed by atoms with E-state index >= 15 is 0 Å². The van der Waals surface area contributed by atoms with Gasteiger partial charge in [0.1, 0.15) is 0 Å². The van der Waals surface area contributed by atoms with Crippen molar-refractivity contribution in [2.75, 3.05) is 13.1 Å². The van der Waals surface area contributed by atoms with Crippen LogP contribution in [0.4, 0.5) is 0 Å². The van der Waals surface area contributed by atoms with Crippen LogP contribution in [0.1, 0.15) is 31.5 Å². The fourth-order valence-corrected chi connectivity index (χ4v) is 3.69. The average molecular weight is 284 g/mol. The summed E-state index contributed by atoms with van der Waals surface area (Å²) in [6, 6.07) is 8.23. The fourth-order valence-electron chi connectivity index (χ4n) is 3.69. The van der Waals surface area contributed by atoms with Crippen LogP contribution in [0.2, 0.25) is 0 Å². The Hall–Kier alpha value is -1.77. The number of hydrogen-bond donors (Lipinski definition) is 1. The highest BCUT2D eigenvalue weighted by molar-refractivity contribution is 5.90. The maximum atomic E-state index is 12.7. The molecule has 21 heavy (non-hydrogen) atoms. The van der Waals surface area contributed by atoms with E-state index in [9.17, 15) is 4.79 Å². The van der Waals surface area contributed by atoms with Gasteiger partial charge < -0.3 is 9.88 Å². The monoisotopic (exact) mass is 284 g/mol. The van der Waals surface area contributed by atoms with Crippen molar-refractivity contribution in [2.24, 2.45) is 11.8 Å². The van der Waals surface area contributed by atoms with Gasteiger partial charge in [0.2, 0.25) is 5.91 Å². The van der Waals surface area contributed by atoms with Crippen LogP contribution < -0.4 is 0 Å². The molecule has 1 N–H and O–H groups in total. The highest BCUT2D eigenvalue weighted by Gasteiger charge is 2.26. The van der Waals surface area contributed by atoms with Crippen LogP contribution in [0.5, 0.6) is 0 Å². The van der Waals surface area contributed by atoms with E-state index in [1.54, 1.807) is 0 Å². The molecule has 112 valence electrons. The topological polar surface area (TPSA) is 36.1 Å². The summed E-state index contributed by atoms with van der Waals surface area (Å²) in [6.45, 7) is 8.36. The Balaban J connectivity index is 1.81. The first-order valence-electron chi connectivity index (χ1n) is 7.88. The van der Waals surface area contributed by atoms with E-state index in [0.29, 0.717) is 18.3 Å². The predicted molar refractivity (Wildman–Crippen MR) is 86.3 cm³/mol. The lowest BCUT2D eigenvalue weighted by molar-refractivity contribution is -0.133. The number of nitrogens with one attached hydrogen (secondary N) is 1. The van der Waals surface area contributed by atoms with Crippen molar-refractivity contribution in [2.45, 2.75) is 33.6 Å². The van der Waals surface area contributed by atoms with Crippen LogP contribution in [0.3, 0.4) is 0 Å². The Labute approximate surface area is 126 Å². The number of nitrogens with zero attached hydrogens (tertiary/aromatic N) is 1. The molecule has 2 aromatic rings. The molecule has 0 saturated carbocycles. The van der Waals surface area contributed by atoms with Gasteiger partial charge in [-0.3, -0.25) is 4.79 Å². The molecule has 3 rings (SSSR count). The largest absolute Gasteiger partial charge is 0.358 e. The summed E-state index contributed by atoms with van der Waals surface area (Å²) >= 11 is 0. The zero-order chi connectivity index (χ0) is 15.0. The van der Waals surface area contributed by atoms with Crippen LogP contribution in [0.15, 0.2) is 24.3 Å². The van der Waals surface area contributed by atoms with Crippen LogP contribution in [0.25, 0.3) is 10.9 Å². The molecule has 3 heteroatoms. The molecule has 1 amide bonds. The Morgan fingerprint density at radius 2 is 1.90 bits per heavy atom. The van der Waals surface area contributed by atoms with Crippen molar-refractivity contribution in [1.29, 1.82) is 0 Å². The average Bonchev–Trinajstić information content (AvgIpc) is 2.74. The van der Waals surface area contributed by atoms with Crippen molar-refractivity contribution in [1.82, 2.24) is 9.88 Å². The second-order valence-electron chi connectivity index (χ2n) is 6.70. The van der Waals surface area contributed by atoms with E-state index in [4.69, 9.17) is 0 Å². The molecule has 1 aromatic heterocycles. The van der Waals surface area contributed by atoms with Gasteiger partial charge >= 0.3 is 0 Å². The standard InChI is InChI=1S/C18H24N2O/c1-12-8-13(2)11-20(10-12)18(21)9-16-14(3)19-17-7-5-4-6-15(16)17/h4-7,12-13,19H,8-11H2,1-3H3/t12-,13-/m0/s1. The molecule has 0 aliphatic carbocycles. The van der Waals surface area contributed by atoms with E-state index in [2.05, 4.69) is 42.8 Å². The van der Waals surface area contributed by atoms with Gasteiger partial charge in [0.15, 0.2) is 0 Å². The minimum atomic E-state index is 0.265. The number of carbonyl (C=O) groups is 1. The first-order chi connectivity index (χ1) is 10.0. The molecule has 2 heterocycles. The van der Waals surface area contributed by atoms with E-state index in [-0.39, 0.29) is 5.91 Å². The van der Waals surface area contributed by atoms with Gasteiger partial charge in [0, 0.05) is 29.7 Å². The summed E-state index contributed by atoms with van der Waals surface area (Å²) in [5.41, 5.74) is 3.39. The van der Waals surface area contributed by atoms with Crippen LogP contribution in [0, 0.1) is 18.8 Å². The Bertz CT molecular complexity index is 648. The molecule has 0 spiro atoms. The highest BCUT2D eigenvalue weighted by Crippen LogP contribution is 2.25. The van der Waals surface area contributed by atoms with Gasteiger partial charge in [-0.1, -0.05) is 32.0 Å². The number of amides is 1. The molecular weight excluding hydrogens is 260 g/mol. The van der Waals surface area contributed by atoms with Crippen molar-refractivity contribution < 1.29 is 4.79 Å². The number of fused-ring (bicyclic) bond motifs is 1. The number of rotatable bonds is 2. The molecule has 1 fully saturated rings. The van der Waals surface area contributed by atoms with Gasteiger partial charge in [0.05, 0.1) is 6.42 Å². The minimum absolute atomic E-state index is 0.265. The summed E-state index contributed by atoms with van der Waals surface area (Å²) in [5.74, 6) is 1.49. The lowest BCUT2D eigenvalue weighted by Gasteiger charge is -2.35. The zero-order valence-electron chi connectivity index (χ0n) is 13.1. The second-order valence-corrected chi connectivity index (χ2v) is 6.70. The molecule has 0 unspecified atom stereocenters. The van der Waals surface area contributed by atoms with Crippen LogP contribution in [-0.4, -0.2) is 28.9 Å². The number of aryl methyl sites for hydroxylation is 1. The second kappa shape index (κ2) is 5.55. The van der Waals surface area contributed by atoms with Crippen molar-refractivity contribution >= 4 is 16.8 Å². The zero-order valence-corrected chi connectivity index (χ0v) is 13.1. The molecule has 1 aliphatic rings. The quantitative estimate of drug-likeness (QED) is 0.900. The molecule has 1 saturated heterocycles. The number of piperidine rings is 1. The van der Waals surface area contributed by atoms with E-state index in [1.165, 1.54) is 11.8 Å². The third-order valence-corrected chi connectivity index (χ3v) is 4.58. The smallest absolute Gasteiger partial charge is 0.227 e. The molecule has 3 nitrogen and oxygen atoms in total. The third kappa shape index (κ3) is 2.82. The first kappa shape index (κ1) is 14.2. The molecule has 0 bridgehead atoms. The molecule has 2 atom stereocenters.